The lowest BCUT2D eigenvalue weighted by molar-refractivity contribution is 0.0603. The normalized spacial score (nSPS) is 10.6. The highest BCUT2D eigenvalue weighted by atomic mass is 35.5. The van der Waals surface area contributed by atoms with E-state index in [-0.39, 0.29) is 0 Å². The van der Waals surface area contributed by atoms with Gasteiger partial charge in [-0.05, 0) is 42.4 Å². The van der Waals surface area contributed by atoms with E-state index in [0.717, 1.165) is 21.6 Å². The van der Waals surface area contributed by atoms with Crippen LogP contribution in [0.5, 0.6) is 0 Å². The van der Waals surface area contributed by atoms with Crippen LogP contribution in [0.4, 0.5) is 10.8 Å². The van der Waals surface area contributed by atoms with Gasteiger partial charge in [-0.25, -0.2) is 4.79 Å². The van der Waals surface area contributed by atoms with E-state index in [9.17, 15) is 4.79 Å². The minimum Gasteiger partial charge on any atom is -0.465 e. The van der Waals surface area contributed by atoms with Gasteiger partial charge in [0, 0.05) is 27.7 Å². The minimum atomic E-state index is -0.421. The van der Waals surface area contributed by atoms with Crippen molar-refractivity contribution >= 4 is 57.1 Å². The van der Waals surface area contributed by atoms with Gasteiger partial charge in [-0.2, -0.15) is 5.10 Å². The van der Waals surface area contributed by atoms with Gasteiger partial charge in [-0.15, -0.1) is 11.3 Å². The van der Waals surface area contributed by atoms with E-state index in [4.69, 9.17) is 28.6 Å². The summed E-state index contributed by atoms with van der Waals surface area (Å²) in [7, 11) is 1.37. The monoisotopic (exact) mass is 496 g/mol. The number of halogens is 1. The second-order valence-corrected chi connectivity index (χ2v) is 9.27. The van der Waals surface area contributed by atoms with Crippen LogP contribution in [0.2, 0.25) is 5.02 Å². The number of benzene rings is 2. The number of hydrogen-bond donors (Lipinski definition) is 2. The van der Waals surface area contributed by atoms with Crippen molar-refractivity contribution in [2.75, 3.05) is 17.7 Å². The van der Waals surface area contributed by atoms with Crippen LogP contribution in [0, 0.1) is 6.92 Å². The molecule has 0 fully saturated rings. The number of carbonyl (C=O) groups is 1. The zero-order chi connectivity index (χ0) is 23.4. The number of thiocarbonyl (C=S) groups is 1. The molecule has 0 saturated carbocycles. The predicted molar refractivity (Wildman–Crippen MR) is 138 cm³/mol. The average molecular weight is 497 g/mol. The van der Waals surface area contributed by atoms with Gasteiger partial charge in [-0.1, -0.05) is 54.1 Å². The highest BCUT2D eigenvalue weighted by Crippen LogP contribution is 2.40. The van der Waals surface area contributed by atoms with Crippen LogP contribution in [0.25, 0.3) is 11.1 Å². The van der Waals surface area contributed by atoms with E-state index in [2.05, 4.69) is 15.7 Å². The van der Waals surface area contributed by atoms with Crippen LogP contribution in [0.15, 0.2) is 66.9 Å². The molecule has 0 unspecified atom stereocenters. The predicted octanol–water partition coefficient (Wildman–Crippen LogP) is 6.22. The molecule has 168 valence electrons. The number of anilines is 2. The Kier molecular flexibility index (Phi) is 7.08. The Morgan fingerprint density at radius 2 is 1.85 bits per heavy atom. The van der Waals surface area contributed by atoms with Crippen molar-refractivity contribution in [2.24, 2.45) is 0 Å². The number of nitrogens with zero attached hydrogens (tertiary/aromatic N) is 2. The maximum atomic E-state index is 12.6. The lowest BCUT2D eigenvalue weighted by Crippen LogP contribution is -2.20. The molecule has 4 aromatic rings. The van der Waals surface area contributed by atoms with Crippen LogP contribution in [0.3, 0.4) is 0 Å². The topological polar surface area (TPSA) is 68.2 Å². The Morgan fingerprint density at radius 3 is 2.55 bits per heavy atom. The number of ether oxygens (including phenoxy) is 1. The summed E-state index contributed by atoms with van der Waals surface area (Å²) in [6.45, 7) is 2.58. The molecule has 0 radical (unpaired) electrons. The van der Waals surface area contributed by atoms with Crippen molar-refractivity contribution in [1.29, 1.82) is 0 Å². The quantitative estimate of drug-likeness (QED) is 0.244. The van der Waals surface area contributed by atoms with Gasteiger partial charge < -0.3 is 15.4 Å². The fourth-order valence-electron chi connectivity index (χ4n) is 3.43. The third kappa shape index (κ3) is 5.42. The summed E-state index contributed by atoms with van der Waals surface area (Å²) >= 11 is 12.9. The Morgan fingerprint density at radius 1 is 1.12 bits per heavy atom. The maximum absolute atomic E-state index is 12.6. The van der Waals surface area contributed by atoms with Crippen LogP contribution in [-0.4, -0.2) is 28.0 Å². The number of esters is 1. The molecule has 9 heteroatoms. The number of aryl methyl sites for hydroxylation is 1. The van der Waals surface area contributed by atoms with Crippen molar-refractivity contribution in [3.63, 3.8) is 0 Å². The Labute approximate surface area is 206 Å². The second-order valence-electron chi connectivity index (χ2n) is 7.20. The van der Waals surface area contributed by atoms with Crippen molar-refractivity contribution in [1.82, 2.24) is 9.78 Å². The summed E-state index contributed by atoms with van der Waals surface area (Å²) in [6.07, 6.45) is 1.86. The van der Waals surface area contributed by atoms with E-state index in [1.807, 2.05) is 73.8 Å². The lowest BCUT2D eigenvalue weighted by atomic mass is 10.0. The van der Waals surface area contributed by atoms with Gasteiger partial charge in [0.25, 0.3) is 0 Å². The standard InChI is InChI=1S/C24H21ClN4O2S2/c1-15-20(17-6-4-3-5-7-17)21(23(30)31-2)22(33-15)27-24(32)26-19-12-13-29(28-19)14-16-8-10-18(25)11-9-16/h3-13H,14H2,1-2H3,(H2,26,27,28,32). The van der Waals surface area contributed by atoms with Crippen molar-refractivity contribution < 1.29 is 9.53 Å². The molecular formula is C24H21ClN4O2S2. The Hall–Kier alpha value is -3.20. The smallest absolute Gasteiger partial charge is 0.341 e. The molecule has 2 aromatic carbocycles. The number of thiophene rings is 1. The van der Waals surface area contributed by atoms with Gasteiger partial charge in [-0.3, -0.25) is 4.68 Å². The summed E-state index contributed by atoms with van der Waals surface area (Å²) in [6, 6.07) is 19.2. The van der Waals surface area contributed by atoms with E-state index in [1.54, 1.807) is 4.68 Å². The third-order valence-corrected chi connectivity index (χ3v) is 6.38. The first-order valence-corrected chi connectivity index (χ1v) is 11.7. The van der Waals surface area contributed by atoms with Gasteiger partial charge in [0.15, 0.2) is 10.9 Å². The van der Waals surface area contributed by atoms with Crippen LogP contribution in [0.1, 0.15) is 20.8 Å². The van der Waals surface area contributed by atoms with E-state index < -0.39 is 5.97 Å². The number of aromatic nitrogens is 2. The van der Waals surface area contributed by atoms with Crippen LogP contribution in [-0.2, 0) is 11.3 Å². The molecule has 2 aromatic heterocycles. The summed E-state index contributed by atoms with van der Waals surface area (Å²) < 4.78 is 6.86. The average Bonchev–Trinajstić information content (AvgIpc) is 3.38. The molecule has 0 amide bonds. The number of rotatable bonds is 6. The molecule has 0 aliphatic rings. The van der Waals surface area contributed by atoms with Gasteiger partial charge in [0.1, 0.15) is 10.6 Å². The first kappa shape index (κ1) is 23.0. The minimum absolute atomic E-state index is 0.331. The van der Waals surface area contributed by atoms with E-state index in [1.165, 1.54) is 18.4 Å². The molecule has 6 nitrogen and oxygen atoms in total. The molecule has 2 N–H and O–H groups in total. The zero-order valence-corrected chi connectivity index (χ0v) is 20.4. The van der Waals surface area contributed by atoms with Crippen LogP contribution >= 0.6 is 35.2 Å². The largest absolute Gasteiger partial charge is 0.465 e. The van der Waals surface area contributed by atoms with E-state index >= 15 is 0 Å². The van der Waals surface area contributed by atoms with E-state index in [0.29, 0.717) is 33.1 Å². The molecule has 33 heavy (non-hydrogen) atoms. The number of carbonyl (C=O) groups excluding carboxylic acids is 1. The van der Waals surface area contributed by atoms with Gasteiger partial charge in [0.2, 0.25) is 0 Å². The highest BCUT2D eigenvalue weighted by Gasteiger charge is 2.24. The number of nitrogens with one attached hydrogen (secondary N) is 2. The van der Waals surface area contributed by atoms with Crippen LogP contribution < -0.4 is 10.6 Å². The Balaban J connectivity index is 1.50. The van der Waals surface area contributed by atoms with Crippen molar-refractivity contribution in [3.8, 4) is 11.1 Å². The fraction of sp³-hybridized carbons (Fsp3) is 0.125. The summed E-state index contributed by atoms with van der Waals surface area (Å²) in [5.74, 6) is 0.174. The molecule has 2 heterocycles. The first-order valence-electron chi connectivity index (χ1n) is 10.1. The summed E-state index contributed by atoms with van der Waals surface area (Å²) in [5.41, 5.74) is 3.33. The number of methoxy groups -OCH3 is 1. The zero-order valence-electron chi connectivity index (χ0n) is 18.0. The molecule has 4 rings (SSSR count). The molecule has 0 spiro atoms. The SMILES string of the molecule is COC(=O)c1c(NC(=S)Nc2ccn(Cc3ccc(Cl)cc3)n2)sc(C)c1-c1ccccc1. The van der Waals surface area contributed by atoms with Gasteiger partial charge >= 0.3 is 5.97 Å². The Bertz CT molecular complexity index is 1280. The van der Waals surface area contributed by atoms with Crippen molar-refractivity contribution in [3.05, 3.63) is 87.9 Å². The second kappa shape index (κ2) is 10.2. The molecule has 0 aliphatic carbocycles. The number of hydrogen-bond acceptors (Lipinski definition) is 5. The molecule has 0 bridgehead atoms. The van der Waals surface area contributed by atoms with Crippen molar-refractivity contribution in [2.45, 2.75) is 13.5 Å². The highest BCUT2D eigenvalue weighted by molar-refractivity contribution is 7.80. The molecule has 0 aliphatic heterocycles. The lowest BCUT2D eigenvalue weighted by Gasteiger charge is -2.10. The summed E-state index contributed by atoms with van der Waals surface area (Å²) in [4.78, 5) is 13.6. The third-order valence-electron chi connectivity index (χ3n) is 4.90. The fourth-order valence-corrected chi connectivity index (χ4v) is 4.89. The summed E-state index contributed by atoms with van der Waals surface area (Å²) in [5, 5.41) is 12.4. The molecular weight excluding hydrogens is 476 g/mol. The molecule has 0 atom stereocenters. The molecule has 0 saturated heterocycles. The first-order chi connectivity index (χ1) is 15.9. The van der Waals surface area contributed by atoms with Gasteiger partial charge in [0.05, 0.1) is 13.7 Å². The maximum Gasteiger partial charge on any atom is 0.341 e.